The zero-order valence-corrected chi connectivity index (χ0v) is 10.5. The Hall–Kier alpha value is -0.900. The Balaban J connectivity index is 2.05. The van der Waals surface area contributed by atoms with Gasteiger partial charge in [0.2, 0.25) is 11.8 Å². The predicted octanol–water partition coefficient (Wildman–Crippen LogP) is 1.89. The van der Waals surface area contributed by atoms with E-state index in [1.165, 1.54) is 4.90 Å². The minimum Gasteiger partial charge on any atom is -0.282 e. The molecule has 0 aromatic carbocycles. The highest BCUT2D eigenvalue weighted by Crippen LogP contribution is 2.31. The average molecular weight is 284 g/mol. The van der Waals surface area contributed by atoms with E-state index >= 15 is 0 Å². The van der Waals surface area contributed by atoms with E-state index in [2.05, 4.69) is 15.9 Å². The molecule has 0 aromatic heterocycles. The van der Waals surface area contributed by atoms with Crippen molar-refractivity contribution in [3.05, 3.63) is 24.3 Å². The number of amides is 2. The summed E-state index contributed by atoms with van der Waals surface area (Å²) >= 11 is 3.34. The average Bonchev–Trinajstić information content (AvgIpc) is 2.55. The van der Waals surface area contributed by atoms with Crippen LogP contribution in [0.4, 0.5) is 0 Å². The molecule has 2 aliphatic rings. The molecule has 2 atom stereocenters. The van der Waals surface area contributed by atoms with Crippen LogP contribution < -0.4 is 0 Å². The van der Waals surface area contributed by atoms with Crippen LogP contribution in [-0.2, 0) is 9.59 Å². The van der Waals surface area contributed by atoms with Gasteiger partial charge in [0.25, 0.3) is 0 Å². The normalized spacial score (nSPS) is 27.7. The Morgan fingerprint density at radius 2 is 1.62 bits per heavy atom. The van der Waals surface area contributed by atoms with Gasteiger partial charge in [0.05, 0.1) is 11.8 Å². The van der Waals surface area contributed by atoms with Gasteiger partial charge in [-0.1, -0.05) is 40.2 Å². The molecule has 16 heavy (non-hydrogen) atoms. The molecule has 0 radical (unpaired) electrons. The monoisotopic (exact) mass is 283 g/mol. The molecule has 0 saturated carbocycles. The number of carbonyl (C=O) groups is 2. The van der Waals surface area contributed by atoms with Crippen LogP contribution in [-0.4, -0.2) is 28.6 Å². The maximum atomic E-state index is 12.0. The van der Waals surface area contributed by atoms with Gasteiger partial charge >= 0.3 is 0 Å². The van der Waals surface area contributed by atoms with Crippen LogP contribution >= 0.6 is 15.9 Å². The highest BCUT2D eigenvalue weighted by Gasteiger charge is 2.44. The number of nitrogens with zero attached hydrogens (tertiary/aromatic N) is 1. The molecule has 3 nitrogen and oxygen atoms in total. The summed E-state index contributed by atoms with van der Waals surface area (Å²) in [7, 11) is 0. The van der Waals surface area contributed by atoms with Crippen molar-refractivity contribution in [3.8, 4) is 0 Å². The van der Waals surface area contributed by atoms with Gasteiger partial charge in [0, 0.05) is 11.9 Å². The third-order valence-corrected chi connectivity index (χ3v) is 3.56. The summed E-state index contributed by atoms with van der Waals surface area (Å²) in [5.41, 5.74) is 0. The third-order valence-electron chi connectivity index (χ3n) is 3.00. The molecule has 2 amide bonds. The Morgan fingerprint density at radius 1 is 1.06 bits per heavy atom. The first-order chi connectivity index (χ1) is 7.75. The van der Waals surface area contributed by atoms with E-state index in [1.54, 1.807) is 0 Å². The van der Waals surface area contributed by atoms with E-state index in [0.717, 1.165) is 18.2 Å². The van der Waals surface area contributed by atoms with Crippen LogP contribution in [0.5, 0.6) is 0 Å². The Bertz CT molecular complexity index is 332. The molecule has 0 N–H and O–H groups in total. The predicted molar refractivity (Wildman–Crippen MR) is 65.0 cm³/mol. The number of rotatable bonds is 4. The van der Waals surface area contributed by atoms with Gasteiger partial charge in [-0.15, -0.1) is 0 Å². The number of imide groups is 1. The number of likely N-dealkylation sites (tertiary alicyclic amines) is 1. The van der Waals surface area contributed by atoms with Crippen LogP contribution in [0.15, 0.2) is 24.3 Å². The summed E-state index contributed by atoms with van der Waals surface area (Å²) < 4.78 is 0. The van der Waals surface area contributed by atoms with Gasteiger partial charge in [0.15, 0.2) is 0 Å². The Labute approximate surface area is 103 Å². The fourth-order valence-electron chi connectivity index (χ4n) is 2.13. The number of unbranched alkanes of at least 4 members (excludes halogenated alkanes) is 1. The molecular formula is C12H14BrNO2. The fourth-order valence-corrected chi connectivity index (χ4v) is 2.53. The zero-order valence-electron chi connectivity index (χ0n) is 8.93. The molecule has 0 bridgehead atoms. The van der Waals surface area contributed by atoms with Crippen LogP contribution in [0.25, 0.3) is 0 Å². The molecule has 0 aromatic rings. The number of alkyl halides is 1. The topological polar surface area (TPSA) is 37.4 Å². The standard InChI is InChI=1S/C12H14BrNO2/c13-7-3-4-8-14-11(15)9-5-1-2-6-10(9)12(14)16/h1-2,5-6,9-10H,3-4,7-8H2. The van der Waals surface area contributed by atoms with E-state index in [0.29, 0.717) is 6.54 Å². The van der Waals surface area contributed by atoms with E-state index in [9.17, 15) is 9.59 Å². The van der Waals surface area contributed by atoms with Crippen molar-refractivity contribution in [3.63, 3.8) is 0 Å². The zero-order chi connectivity index (χ0) is 11.5. The lowest BCUT2D eigenvalue weighted by Crippen LogP contribution is -2.31. The van der Waals surface area contributed by atoms with Gasteiger partial charge < -0.3 is 0 Å². The number of carbonyl (C=O) groups excluding carboxylic acids is 2. The summed E-state index contributed by atoms with van der Waals surface area (Å²) in [5, 5.41) is 0.913. The van der Waals surface area contributed by atoms with Crippen LogP contribution in [0, 0.1) is 11.8 Å². The number of hydrogen-bond donors (Lipinski definition) is 0. The van der Waals surface area contributed by atoms with E-state index in [4.69, 9.17) is 0 Å². The first-order valence-electron chi connectivity index (χ1n) is 5.52. The van der Waals surface area contributed by atoms with Crippen molar-refractivity contribution < 1.29 is 9.59 Å². The molecule has 2 unspecified atom stereocenters. The molecule has 1 aliphatic heterocycles. The molecule has 1 fully saturated rings. The Kier molecular flexibility index (Phi) is 3.59. The highest BCUT2D eigenvalue weighted by molar-refractivity contribution is 9.09. The molecule has 4 heteroatoms. The van der Waals surface area contributed by atoms with Gasteiger partial charge in [-0.05, 0) is 12.8 Å². The first-order valence-corrected chi connectivity index (χ1v) is 6.64. The van der Waals surface area contributed by atoms with Gasteiger partial charge in [-0.2, -0.15) is 0 Å². The minimum absolute atomic E-state index is 0.0369. The van der Waals surface area contributed by atoms with Gasteiger partial charge in [0.1, 0.15) is 0 Å². The second kappa shape index (κ2) is 4.95. The lowest BCUT2D eigenvalue weighted by Gasteiger charge is -2.13. The molecule has 86 valence electrons. The minimum atomic E-state index is -0.249. The van der Waals surface area contributed by atoms with Crippen LogP contribution in [0.2, 0.25) is 0 Å². The molecule has 1 saturated heterocycles. The van der Waals surface area contributed by atoms with Gasteiger partial charge in [-0.3, -0.25) is 14.5 Å². The second-order valence-electron chi connectivity index (χ2n) is 4.05. The quantitative estimate of drug-likeness (QED) is 0.449. The second-order valence-corrected chi connectivity index (χ2v) is 4.84. The van der Waals surface area contributed by atoms with E-state index in [1.807, 2.05) is 24.3 Å². The summed E-state index contributed by atoms with van der Waals surface area (Å²) in [6.07, 6.45) is 9.20. The van der Waals surface area contributed by atoms with Crippen molar-refractivity contribution in [2.45, 2.75) is 12.8 Å². The maximum Gasteiger partial charge on any atom is 0.237 e. The number of halogens is 1. The molecule has 1 aliphatic carbocycles. The van der Waals surface area contributed by atoms with E-state index in [-0.39, 0.29) is 23.7 Å². The summed E-state index contributed by atoms with van der Waals surface area (Å²) in [5.74, 6) is -0.571. The van der Waals surface area contributed by atoms with Crippen molar-refractivity contribution in [2.24, 2.45) is 11.8 Å². The van der Waals surface area contributed by atoms with Crippen LogP contribution in [0.1, 0.15) is 12.8 Å². The number of fused-ring (bicyclic) bond motifs is 1. The first kappa shape index (κ1) is 11.6. The molecule has 2 rings (SSSR count). The lowest BCUT2D eigenvalue weighted by atomic mass is 9.91. The van der Waals surface area contributed by atoms with Crippen molar-refractivity contribution in [1.29, 1.82) is 0 Å². The Morgan fingerprint density at radius 3 is 2.12 bits per heavy atom. The molecule has 0 spiro atoms. The van der Waals surface area contributed by atoms with Crippen LogP contribution in [0.3, 0.4) is 0 Å². The number of allylic oxidation sites excluding steroid dienone is 2. The van der Waals surface area contributed by atoms with Crippen molar-refractivity contribution >= 4 is 27.7 Å². The highest BCUT2D eigenvalue weighted by atomic mass is 79.9. The largest absolute Gasteiger partial charge is 0.282 e. The van der Waals surface area contributed by atoms with E-state index < -0.39 is 0 Å². The van der Waals surface area contributed by atoms with Crippen molar-refractivity contribution in [1.82, 2.24) is 4.90 Å². The maximum absolute atomic E-state index is 12.0. The summed E-state index contributed by atoms with van der Waals surface area (Å²) in [6, 6.07) is 0. The fraction of sp³-hybridized carbons (Fsp3) is 0.500. The third kappa shape index (κ3) is 1.98. The lowest BCUT2D eigenvalue weighted by molar-refractivity contribution is -0.139. The summed E-state index contributed by atoms with van der Waals surface area (Å²) in [4.78, 5) is 25.3. The van der Waals surface area contributed by atoms with Crippen molar-refractivity contribution in [2.75, 3.05) is 11.9 Å². The number of hydrogen-bond acceptors (Lipinski definition) is 2. The molecule has 1 heterocycles. The SMILES string of the molecule is O=C1C2C=CC=CC2C(=O)N1CCCCBr. The molecular weight excluding hydrogens is 270 g/mol. The van der Waals surface area contributed by atoms with Gasteiger partial charge in [-0.25, -0.2) is 0 Å². The smallest absolute Gasteiger partial charge is 0.237 e. The summed E-state index contributed by atoms with van der Waals surface area (Å²) in [6.45, 7) is 0.554.